The van der Waals surface area contributed by atoms with Crippen LogP contribution in [0.2, 0.25) is 0 Å². The molecule has 1 aliphatic heterocycles. The Morgan fingerprint density at radius 2 is 2.10 bits per heavy atom. The predicted molar refractivity (Wildman–Crippen MR) is 87.9 cm³/mol. The van der Waals surface area contributed by atoms with Gasteiger partial charge < -0.3 is 4.90 Å². The van der Waals surface area contributed by atoms with Crippen LogP contribution in [0.25, 0.3) is 0 Å². The third kappa shape index (κ3) is 4.00. The van der Waals surface area contributed by atoms with Crippen LogP contribution in [0.1, 0.15) is 72.6 Å². The molecule has 122 valence electrons. The SMILES string of the molecule is CCCC1NC(C(C)CC)C(=O)N1CC1CCCC(C)C1. The first-order valence-corrected chi connectivity index (χ1v) is 9.13. The van der Waals surface area contributed by atoms with E-state index in [1.807, 2.05) is 0 Å². The van der Waals surface area contributed by atoms with Crippen molar-refractivity contribution in [3.63, 3.8) is 0 Å². The number of carbonyl (C=O) groups is 1. The lowest BCUT2D eigenvalue weighted by Crippen LogP contribution is -2.41. The molecule has 0 aromatic rings. The van der Waals surface area contributed by atoms with E-state index in [-0.39, 0.29) is 12.2 Å². The van der Waals surface area contributed by atoms with Crippen LogP contribution in [0.4, 0.5) is 0 Å². The first kappa shape index (κ1) is 16.8. The average molecular weight is 294 g/mol. The molecule has 0 spiro atoms. The van der Waals surface area contributed by atoms with Gasteiger partial charge in [-0.3, -0.25) is 10.1 Å². The molecule has 21 heavy (non-hydrogen) atoms. The second-order valence-electron chi connectivity index (χ2n) is 7.46. The Morgan fingerprint density at radius 3 is 2.71 bits per heavy atom. The van der Waals surface area contributed by atoms with Gasteiger partial charge in [0.25, 0.3) is 0 Å². The zero-order valence-electron chi connectivity index (χ0n) is 14.4. The largest absolute Gasteiger partial charge is 0.326 e. The van der Waals surface area contributed by atoms with Gasteiger partial charge in [0.2, 0.25) is 5.91 Å². The summed E-state index contributed by atoms with van der Waals surface area (Å²) in [5.41, 5.74) is 0. The number of carbonyl (C=O) groups excluding carboxylic acids is 1. The molecule has 0 radical (unpaired) electrons. The van der Waals surface area contributed by atoms with Crippen LogP contribution in [-0.2, 0) is 4.79 Å². The minimum atomic E-state index is 0.0487. The third-order valence-electron chi connectivity index (χ3n) is 5.57. The van der Waals surface area contributed by atoms with Crippen molar-refractivity contribution in [2.45, 2.75) is 84.8 Å². The van der Waals surface area contributed by atoms with Crippen LogP contribution in [0.15, 0.2) is 0 Å². The van der Waals surface area contributed by atoms with Gasteiger partial charge in [-0.1, -0.05) is 53.4 Å². The van der Waals surface area contributed by atoms with Gasteiger partial charge in [-0.15, -0.1) is 0 Å². The lowest BCUT2D eigenvalue weighted by Gasteiger charge is -2.32. The average Bonchev–Trinajstić information content (AvgIpc) is 2.76. The molecule has 0 aromatic heterocycles. The molecular formula is C18H34N2O. The Hall–Kier alpha value is -0.570. The topological polar surface area (TPSA) is 32.3 Å². The number of rotatable bonds is 6. The summed E-state index contributed by atoms with van der Waals surface area (Å²) >= 11 is 0. The van der Waals surface area contributed by atoms with E-state index in [2.05, 4.69) is 37.9 Å². The van der Waals surface area contributed by atoms with E-state index in [4.69, 9.17) is 0 Å². The minimum Gasteiger partial charge on any atom is -0.326 e. The lowest BCUT2D eigenvalue weighted by molar-refractivity contribution is -0.131. The van der Waals surface area contributed by atoms with E-state index in [1.165, 1.54) is 25.7 Å². The molecule has 1 saturated heterocycles. The lowest BCUT2D eigenvalue weighted by atomic mass is 9.82. The summed E-state index contributed by atoms with van der Waals surface area (Å²) in [4.78, 5) is 15.0. The smallest absolute Gasteiger partial charge is 0.241 e. The first-order valence-electron chi connectivity index (χ1n) is 9.13. The van der Waals surface area contributed by atoms with Crippen molar-refractivity contribution in [2.75, 3.05) is 6.54 Å². The predicted octanol–water partition coefficient (Wildman–Crippen LogP) is 3.79. The van der Waals surface area contributed by atoms with Gasteiger partial charge in [0.05, 0.1) is 12.2 Å². The second kappa shape index (κ2) is 7.62. The maximum atomic E-state index is 12.8. The van der Waals surface area contributed by atoms with Gasteiger partial charge in [-0.2, -0.15) is 0 Å². The monoisotopic (exact) mass is 294 g/mol. The summed E-state index contributed by atoms with van der Waals surface area (Å²) in [5.74, 6) is 2.35. The number of hydrogen-bond acceptors (Lipinski definition) is 2. The van der Waals surface area contributed by atoms with Crippen molar-refractivity contribution >= 4 is 5.91 Å². The van der Waals surface area contributed by atoms with Crippen molar-refractivity contribution < 1.29 is 4.79 Å². The van der Waals surface area contributed by atoms with Crippen LogP contribution in [-0.4, -0.2) is 29.6 Å². The molecular weight excluding hydrogens is 260 g/mol. The molecule has 2 fully saturated rings. The fourth-order valence-electron chi connectivity index (χ4n) is 4.08. The van der Waals surface area contributed by atoms with E-state index in [0.29, 0.717) is 11.8 Å². The molecule has 1 N–H and O–H groups in total. The fourth-order valence-corrected chi connectivity index (χ4v) is 4.08. The molecule has 1 aliphatic carbocycles. The zero-order valence-corrected chi connectivity index (χ0v) is 14.4. The number of nitrogens with one attached hydrogen (secondary N) is 1. The standard InChI is InChI=1S/C18H34N2O/c1-5-8-16-19-17(14(4)6-2)18(21)20(16)12-15-10-7-9-13(3)11-15/h13-17,19H,5-12H2,1-4H3. The molecule has 0 aromatic carbocycles. The zero-order chi connectivity index (χ0) is 15.4. The summed E-state index contributed by atoms with van der Waals surface area (Å²) in [7, 11) is 0. The Morgan fingerprint density at radius 1 is 1.33 bits per heavy atom. The Bertz CT molecular complexity index is 344. The van der Waals surface area contributed by atoms with Gasteiger partial charge in [0.1, 0.15) is 0 Å². The quantitative estimate of drug-likeness (QED) is 0.808. The van der Waals surface area contributed by atoms with Gasteiger partial charge >= 0.3 is 0 Å². The van der Waals surface area contributed by atoms with E-state index in [9.17, 15) is 4.79 Å². The second-order valence-corrected chi connectivity index (χ2v) is 7.46. The molecule has 2 aliphatic rings. The Labute approximate surface area is 130 Å². The Balaban J connectivity index is 2.01. The summed E-state index contributed by atoms with van der Waals surface area (Å²) in [6.45, 7) is 9.93. The normalized spacial score (nSPS) is 35.2. The maximum absolute atomic E-state index is 12.8. The highest BCUT2D eigenvalue weighted by atomic mass is 16.2. The van der Waals surface area contributed by atoms with E-state index in [0.717, 1.165) is 37.6 Å². The highest BCUT2D eigenvalue weighted by Crippen LogP contribution is 2.31. The van der Waals surface area contributed by atoms with Crippen molar-refractivity contribution in [2.24, 2.45) is 17.8 Å². The fraction of sp³-hybridized carbons (Fsp3) is 0.944. The molecule has 1 saturated carbocycles. The van der Waals surface area contributed by atoms with Crippen LogP contribution < -0.4 is 5.32 Å². The van der Waals surface area contributed by atoms with Crippen molar-refractivity contribution in [3.05, 3.63) is 0 Å². The van der Waals surface area contributed by atoms with Crippen LogP contribution in [0.3, 0.4) is 0 Å². The summed E-state index contributed by atoms with van der Waals surface area (Å²) in [6, 6.07) is 0.0487. The molecule has 1 heterocycles. The van der Waals surface area contributed by atoms with Gasteiger partial charge in [0.15, 0.2) is 0 Å². The number of amides is 1. The first-order chi connectivity index (χ1) is 10.1. The van der Waals surface area contributed by atoms with Gasteiger partial charge in [-0.25, -0.2) is 0 Å². The van der Waals surface area contributed by atoms with Crippen LogP contribution >= 0.6 is 0 Å². The third-order valence-corrected chi connectivity index (χ3v) is 5.57. The van der Waals surface area contributed by atoms with E-state index in [1.54, 1.807) is 0 Å². The highest BCUT2D eigenvalue weighted by Gasteiger charge is 2.41. The van der Waals surface area contributed by atoms with Crippen molar-refractivity contribution in [1.29, 1.82) is 0 Å². The number of nitrogens with zero attached hydrogens (tertiary/aromatic N) is 1. The van der Waals surface area contributed by atoms with Crippen molar-refractivity contribution in [1.82, 2.24) is 10.2 Å². The Kier molecular flexibility index (Phi) is 6.09. The van der Waals surface area contributed by atoms with Crippen LogP contribution in [0.5, 0.6) is 0 Å². The molecule has 0 bridgehead atoms. The van der Waals surface area contributed by atoms with Gasteiger partial charge in [-0.05, 0) is 37.0 Å². The summed E-state index contributed by atoms with van der Waals surface area (Å²) in [5, 5.41) is 3.62. The van der Waals surface area contributed by atoms with Gasteiger partial charge in [0, 0.05) is 6.54 Å². The molecule has 3 nitrogen and oxygen atoms in total. The van der Waals surface area contributed by atoms with E-state index < -0.39 is 0 Å². The van der Waals surface area contributed by atoms with E-state index >= 15 is 0 Å². The van der Waals surface area contributed by atoms with Crippen molar-refractivity contribution in [3.8, 4) is 0 Å². The molecule has 5 unspecified atom stereocenters. The molecule has 5 atom stereocenters. The molecule has 1 amide bonds. The summed E-state index contributed by atoms with van der Waals surface area (Å²) < 4.78 is 0. The highest BCUT2D eigenvalue weighted by molar-refractivity contribution is 5.84. The minimum absolute atomic E-state index is 0.0487. The molecule has 2 rings (SSSR count). The number of hydrogen-bond donors (Lipinski definition) is 1. The molecule has 3 heteroatoms. The van der Waals surface area contributed by atoms with Crippen LogP contribution in [0, 0.1) is 17.8 Å². The maximum Gasteiger partial charge on any atom is 0.241 e. The summed E-state index contributed by atoms with van der Waals surface area (Å²) in [6.07, 6.45) is 8.88.